The fourth-order valence-electron chi connectivity index (χ4n) is 3.01. The third-order valence-corrected chi connectivity index (χ3v) is 4.26. The highest BCUT2D eigenvalue weighted by molar-refractivity contribution is 5.49. The number of halogens is 2. The summed E-state index contributed by atoms with van der Waals surface area (Å²) in [6.07, 6.45) is 5.72. The van der Waals surface area contributed by atoms with Gasteiger partial charge in [-0.15, -0.1) is 5.10 Å². The number of rotatable bonds is 5. The van der Waals surface area contributed by atoms with Crippen molar-refractivity contribution < 1.29 is 13.5 Å². The predicted molar refractivity (Wildman–Crippen MR) is 86.4 cm³/mol. The molecule has 1 aliphatic rings. The van der Waals surface area contributed by atoms with Crippen molar-refractivity contribution in [2.24, 2.45) is 7.05 Å². The third kappa shape index (κ3) is 3.68. The quantitative estimate of drug-likeness (QED) is 0.841. The first-order valence-corrected chi connectivity index (χ1v) is 7.80. The van der Waals surface area contributed by atoms with E-state index in [-0.39, 0.29) is 12.0 Å². The van der Waals surface area contributed by atoms with Crippen LogP contribution in [0.15, 0.2) is 30.5 Å². The van der Waals surface area contributed by atoms with E-state index in [9.17, 15) is 8.78 Å². The van der Waals surface area contributed by atoms with Gasteiger partial charge in [-0.3, -0.25) is 9.58 Å². The van der Waals surface area contributed by atoms with E-state index in [1.54, 1.807) is 23.9 Å². The van der Waals surface area contributed by atoms with Crippen molar-refractivity contribution in [3.63, 3.8) is 0 Å². The Hall–Kier alpha value is -2.12. The SMILES string of the molecule is CO[C@@H]1CN(C/C=C/c2ccc(F)c(F)c2)C[C@H]1c1cn(C)nn1. The van der Waals surface area contributed by atoms with Crippen molar-refractivity contribution in [2.45, 2.75) is 12.0 Å². The van der Waals surface area contributed by atoms with Crippen molar-refractivity contribution in [1.82, 2.24) is 19.9 Å². The van der Waals surface area contributed by atoms with Crippen LogP contribution in [0.3, 0.4) is 0 Å². The van der Waals surface area contributed by atoms with Crippen molar-refractivity contribution in [3.05, 3.63) is 53.4 Å². The van der Waals surface area contributed by atoms with Crippen LogP contribution in [0.1, 0.15) is 17.2 Å². The number of likely N-dealkylation sites (tertiary alicyclic amines) is 1. The first kappa shape index (κ1) is 16.7. The Morgan fingerprint density at radius 3 is 2.79 bits per heavy atom. The number of ether oxygens (including phenoxy) is 1. The lowest BCUT2D eigenvalue weighted by atomic mass is 10.0. The first-order valence-electron chi connectivity index (χ1n) is 7.80. The zero-order valence-corrected chi connectivity index (χ0v) is 13.7. The molecule has 0 radical (unpaired) electrons. The van der Waals surface area contributed by atoms with Crippen LogP contribution >= 0.6 is 0 Å². The van der Waals surface area contributed by atoms with Gasteiger partial charge < -0.3 is 4.74 Å². The molecule has 0 bridgehead atoms. The zero-order chi connectivity index (χ0) is 17.1. The second-order valence-corrected chi connectivity index (χ2v) is 5.99. The minimum absolute atomic E-state index is 0.0679. The first-order chi connectivity index (χ1) is 11.6. The van der Waals surface area contributed by atoms with E-state index in [0.717, 1.165) is 24.8 Å². The number of aryl methyl sites for hydroxylation is 1. The minimum Gasteiger partial charge on any atom is -0.379 e. The van der Waals surface area contributed by atoms with Gasteiger partial charge in [-0.2, -0.15) is 0 Å². The maximum atomic E-state index is 13.2. The van der Waals surface area contributed by atoms with Crippen LogP contribution in [0, 0.1) is 11.6 Å². The van der Waals surface area contributed by atoms with Gasteiger partial charge in [-0.25, -0.2) is 8.78 Å². The van der Waals surface area contributed by atoms with E-state index < -0.39 is 11.6 Å². The van der Waals surface area contributed by atoms with Crippen molar-refractivity contribution in [2.75, 3.05) is 26.7 Å². The Labute approximate surface area is 139 Å². The number of hydrogen-bond acceptors (Lipinski definition) is 4. The molecule has 0 aliphatic carbocycles. The van der Waals surface area contributed by atoms with Gasteiger partial charge in [0.1, 0.15) is 0 Å². The summed E-state index contributed by atoms with van der Waals surface area (Å²) in [5, 5.41) is 8.17. The highest BCUT2D eigenvalue weighted by Gasteiger charge is 2.35. The molecule has 7 heteroatoms. The minimum atomic E-state index is -0.833. The van der Waals surface area contributed by atoms with Crippen LogP contribution in [0.4, 0.5) is 8.78 Å². The summed E-state index contributed by atoms with van der Waals surface area (Å²) in [4.78, 5) is 2.24. The third-order valence-electron chi connectivity index (χ3n) is 4.26. The molecular weight excluding hydrogens is 314 g/mol. The topological polar surface area (TPSA) is 43.2 Å². The lowest BCUT2D eigenvalue weighted by Gasteiger charge is -2.13. The largest absolute Gasteiger partial charge is 0.379 e. The summed E-state index contributed by atoms with van der Waals surface area (Å²) in [5.41, 5.74) is 1.57. The summed E-state index contributed by atoms with van der Waals surface area (Å²) in [6, 6.07) is 3.88. The van der Waals surface area contributed by atoms with Gasteiger partial charge >= 0.3 is 0 Å². The molecule has 1 fully saturated rings. The summed E-state index contributed by atoms with van der Waals surface area (Å²) >= 11 is 0. The molecule has 5 nitrogen and oxygen atoms in total. The van der Waals surface area contributed by atoms with E-state index in [1.165, 1.54) is 6.07 Å². The second kappa shape index (κ2) is 7.19. The van der Waals surface area contributed by atoms with Gasteiger partial charge in [-0.05, 0) is 17.7 Å². The zero-order valence-electron chi connectivity index (χ0n) is 13.7. The molecule has 1 aromatic carbocycles. The molecule has 0 spiro atoms. The van der Waals surface area contributed by atoms with Gasteiger partial charge in [0, 0.05) is 45.9 Å². The van der Waals surface area contributed by atoms with Crippen LogP contribution in [-0.2, 0) is 11.8 Å². The lowest BCUT2D eigenvalue weighted by molar-refractivity contribution is 0.0974. The van der Waals surface area contributed by atoms with Gasteiger partial charge in [0.05, 0.1) is 11.8 Å². The fourth-order valence-corrected chi connectivity index (χ4v) is 3.01. The molecule has 0 unspecified atom stereocenters. The van der Waals surface area contributed by atoms with E-state index in [4.69, 9.17) is 4.74 Å². The highest BCUT2D eigenvalue weighted by Crippen LogP contribution is 2.27. The number of benzene rings is 1. The molecule has 2 atom stereocenters. The molecule has 24 heavy (non-hydrogen) atoms. The Balaban J connectivity index is 1.61. The lowest BCUT2D eigenvalue weighted by Crippen LogP contribution is -2.23. The van der Waals surface area contributed by atoms with Crippen LogP contribution in [0.25, 0.3) is 6.08 Å². The number of nitrogens with zero attached hydrogens (tertiary/aromatic N) is 4. The maximum Gasteiger partial charge on any atom is 0.159 e. The molecule has 2 heterocycles. The number of methoxy groups -OCH3 is 1. The Kier molecular flexibility index (Phi) is 5.01. The number of hydrogen-bond donors (Lipinski definition) is 0. The Morgan fingerprint density at radius 1 is 1.29 bits per heavy atom. The smallest absolute Gasteiger partial charge is 0.159 e. The van der Waals surface area contributed by atoms with E-state index in [0.29, 0.717) is 12.1 Å². The summed E-state index contributed by atoms with van der Waals surface area (Å²) in [6.45, 7) is 2.31. The Bertz CT molecular complexity index is 731. The monoisotopic (exact) mass is 334 g/mol. The summed E-state index contributed by atoms with van der Waals surface area (Å²) < 4.78 is 33.4. The second-order valence-electron chi connectivity index (χ2n) is 5.99. The molecule has 1 aromatic heterocycles. The molecule has 0 N–H and O–H groups in total. The summed E-state index contributed by atoms with van der Waals surface area (Å²) in [7, 11) is 3.55. The molecule has 0 saturated carbocycles. The van der Waals surface area contributed by atoms with Crippen LogP contribution < -0.4 is 0 Å². The van der Waals surface area contributed by atoms with Gasteiger partial charge in [0.25, 0.3) is 0 Å². The van der Waals surface area contributed by atoms with Crippen LogP contribution in [-0.4, -0.2) is 52.7 Å². The van der Waals surface area contributed by atoms with Crippen LogP contribution in [0.5, 0.6) is 0 Å². The average Bonchev–Trinajstić information content (AvgIpc) is 3.16. The molecule has 1 aliphatic heterocycles. The van der Waals surface area contributed by atoms with E-state index >= 15 is 0 Å². The molecule has 3 rings (SSSR count). The summed E-state index contributed by atoms with van der Waals surface area (Å²) in [5.74, 6) is -1.48. The van der Waals surface area contributed by atoms with Crippen molar-refractivity contribution in [1.29, 1.82) is 0 Å². The molecular formula is C17H20F2N4O. The molecule has 0 amide bonds. The normalized spacial score (nSPS) is 21.8. The van der Waals surface area contributed by atoms with Crippen LogP contribution in [0.2, 0.25) is 0 Å². The molecule has 1 saturated heterocycles. The maximum absolute atomic E-state index is 13.2. The van der Waals surface area contributed by atoms with Crippen molar-refractivity contribution in [3.8, 4) is 0 Å². The molecule has 2 aromatic rings. The van der Waals surface area contributed by atoms with E-state index in [2.05, 4.69) is 15.2 Å². The average molecular weight is 334 g/mol. The number of aromatic nitrogens is 3. The van der Waals surface area contributed by atoms with Crippen molar-refractivity contribution >= 4 is 6.08 Å². The van der Waals surface area contributed by atoms with Gasteiger partial charge in [-0.1, -0.05) is 23.4 Å². The van der Waals surface area contributed by atoms with E-state index in [1.807, 2.05) is 19.3 Å². The fraction of sp³-hybridized carbons (Fsp3) is 0.412. The highest BCUT2D eigenvalue weighted by atomic mass is 19.2. The standard InChI is InChI=1S/C17H20F2N4O/c1-22-10-16(20-21-22)13-9-23(11-17(13)24-2)7-3-4-12-5-6-14(18)15(19)8-12/h3-6,8,10,13,17H,7,9,11H2,1-2H3/b4-3+/t13-,17+/m0/s1. The van der Waals surface area contributed by atoms with Gasteiger partial charge in [0.2, 0.25) is 0 Å². The molecule has 128 valence electrons. The van der Waals surface area contributed by atoms with Gasteiger partial charge in [0.15, 0.2) is 11.6 Å². The Morgan fingerprint density at radius 2 is 2.12 bits per heavy atom. The predicted octanol–water partition coefficient (Wildman–Crippen LogP) is 2.22.